The fourth-order valence-corrected chi connectivity index (χ4v) is 3.22. The van der Waals surface area contributed by atoms with Crippen LogP contribution in [-0.4, -0.2) is 12.5 Å². The summed E-state index contributed by atoms with van der Waals surface area (Å²) >= 11 is 0. The summed E-state index contributed by atoms with van der Waals surface area (Å²) in [6.45, 7) is 4.02. The highest BCUT2D eigenvalue weighted by molar-refractivity contribution is 5.87. The molecule has 140 valence electrons. The predicted molar refractivity (Wildman–Crippen MR) is 102 cm³/mol. The number of quaternary nitrogens is 1. The summed E-state index contributed by atoms with van der Waals surface area (Å²) in [5.41, 5.74) is 1.71. The number of nitrogens with one attached hydrogen (secondary N) is 1. The minimum atomic E-state index is -0.873. The van der Waals surface area contributed by atoms with Crippen LogP contribution in [0.1, 0.15) is 37.1 Å². The van der Waals surface area contributed by atoms with E-state index in [2.05, 4.69) is 5.32 Å². The molecule has 0 fully saturated rings. The van der Waals surface area contributed by atoms with Crippen molar-refractivity contribution in [3.63, 3.8) is 0 Å². The Balaban J connectivity index is 1.60. The van der Waals surface area contributed by atoms with Crippen LogP contribution in [0, 0.1) is 11.6 Å². The number of benzene rings is 3. The van der Waals surface area contributed by atoms with Crippen LogP contribution in [-0.2, 0) is 4.79 Å². The van der Waals surface area contributed by atoms with Crippen LogP contribution in [0.2, 0.25) is 0 Å². The van der Waals surface area contributed by atoms with Crippen molar-refractivity contribution < 1.29 is 18.9 Å². The van der Waals surface area contributed by atoms with Gasteiger partial charge in [-0.25, -0.2) is 8.78 Å². The molecule has 3 aromatic carbocycles. The number of rotatable bonds is 6. The fraction of sp³-hybridized carbons (Fsp3) is 0.227. The van der Waals surface area contributed by atoms with Gasteiger partial charge in [-0.2, -0.15) is 0 Å². The van der Waals surface area contributed by atoms with Gasteiger partial charge >= 0.3 is 0 Å². The van der Waals surface area contributed by atoms with E-state index in [1.54, 1.807) is 5.32 Å². The van der Waals surface area contributed by atoms with Gasteiger partial charge in [0, 0.05) is 5.56 Å². The summed E-state index contributed by atoms with van der Waals surface area (Å²) < 4.78 is 26.4. The van der Waals surface area contributed by atoms with Gasteiger partial charge < -0.3 is 10.6 Å². The third-order valence-corrected chi connectivity index (χ3v) is 4.79. The lowest BCUT2D eigenvalue weighted by Gasteiger charge is -2.17. The van der Waals surface area contributed by atoms with Crippen LogP contribution in [0.3, 0.4) is 0 Å². The first-order chi connectivity index (χ1) is 13.0. The molecule has 3 N–H and O–H groups in total. The second-order valence-corrected chi connectivity index (χ2v) is 6.76. The Labute approximate surface area is 157 Å². The molecule has 0 saturated carbocycles. The smallest absolute Gasteiger partial charge is 0.275 e. The molecule has 0 aliphatic carbocycles. The molecule has 1 amide bonds. The molecule has 5 heteroatoms. The molecule has 0 aliphatic heterocycles. The number of amides is 1. The number of nitrogens with two attached hydrogens (primary N) is 1. The van der Waals surface area contributed by atoms with E-state index in [1.807, 2.05) is 56.3 Å². The number of carbonyl (C=O) groups excluding carboxylic acids is 1. The second kappa shape index (κ2) is 8.27. The Morgan fingerprint density at radius 3 is 2.52 bits per heavy atom. The first-order valence-corrected chi connectivity index (χ1v) is 9.01. The molecule has 0 bridgehead atoms. The van der Waals surface area contributed by atoms with Gasteiger partial charge in [0.1, 0.15) is 6.04 Å². The van der Waals surface area contributed by atoms with Crippen molar-refractivity contribution in [2.75, 3.05) is 6.54 Å². The molecule has 0 aliphatic rings. The monoisotopic (exact) mass is 369 g/mol. The van der Waals surface area contributed by atoms with Crippen LogP contribution in [0.25, 0.3) is 10.8 Å². The van der Waals surface area contributed by atoms with Crippen molar-refractivity contribution in [2.45, 2.75) is 25.9 Å². The standard InChI is InChI=1S/C22H22F2N2O/c1-14(17-10-11-20(23)21(24)12-17)25-13-22(27)26-15(2)18-9-5-7-16-6-3-4-8-19(16)18/h3-12,14-15,25H,13H2,1-2H3,(H,26,27)/p+1/t14-,15-/m0/s1. The highest BCUT2D eigenvalue weighted by atomic mass is 19.2. The average molecular weight is 369 g/mol. The number of hydrogen-bond donors (Lipinski definition) is 2. The highest BCUT2D eigenvalue weighted by Gasteiger charge is 2.16. The van der Waals surface area contributed by atoms with E-state index in [9.17, 15) is 13.6 Å². The molecule has 0 unspecified atom stereocenters. The molecule has 3 aromatic rings. The van der Waals surface area contributed by atoms with E-state index in [-0.39, 0.29) is 24.5 Å². The zero-order valence-electron chi connectivity index (χ0n) is 15.4. The minimum Gasteiger partial charge on any atom is -0.345 e. The van der Waals surface area contributed by atoms with E-state index in [0.29, 0.717) is 5.56 Å². The Bertz CT molecular complexity index is 953. The number of halogens is 2. The van der Waals surface area contributed by atoms with Crippen LogP contribution < -0.4 is 10.6 Å². The molecule has 0 aromatic heterocycles. The molecule has 3 rings (SSSR count). The normalized spacial score (nSPS) is 13.3. The molecule has 0 heterocycles. The number of carbonyl (C=O) groups is 1. The minimum absolute atomic E-state index is 0.107. The lowest BCUT2D eigenvalue weighted by molar-refractivity contribution is -0.682. The molecular formula is C22H23F2N2O+. The van der Waals surface area contributed by atoms with Gasteiger partial charge in [0.05, 0.1) is 6.04 Å². The lowest BCUT2D eigenvalue weighted by Crippen LogP contribution is -2.87. The van der Waals surface area contributed by atoms with E-state index in [4.69, 9.17) is 0 Å². The Hall–Kier alpha value is -2.79. The van der Waals surface area contributed by atoms with Crippen molar-refractivity contribution in [1.29, 1.82) is 0 Å². The average Bonchev–Trinajstić information content (AvgIpc) is 2.67. The third kappa shape index (κ3) is 4.49. The van der Waals surface area contributed by atoms with Crippen molar-refractivity contribution in [3.05, 3.63) is 83.4 Å². The summed E-state index contributed by atoms with van der Waals surface area (Å²) in [5, 5.41) is 7.07. The van der Waals surface area contributed by atoms with E-state index >= 15 is 0 Å². The van der Waals surface area contributed by atoms with Crippen LogP contribution in [0.15, 0.2) is 60.7 Å². The molecule has 0 radical (unpaired) electrons. The molecule has 3 nitrogen and oxygen atoms in total. The summed E-state index contributed by atoms with van der Waals surface area (Å²) in [6.07, 6.45) is 0. The summed E-state index contributed by atoms with van der Waals surface area (Å²) in [4.78, 5) is 12.3. The maximum absolute atomic E-state index is 13.4. The Morgan fingerprint density at radius 1 is 1.00 bits per heavy atom. The van der Waals surface area contributed by atoms with Gasteiger partial charge in [-0.15, -0.1) is 0 Å². The van der Waals surface area contributed by atoms with E-state index in [0.717, 1.165) is 22.4 Å². The maximum atomic E-state index is 13.4. The predicted octanol–water partition coefficient (Wildman–Crippen LogP) is 3.62. The highest BCUT2D eigenvalue weighted by Crippen LogP contribution is 2.23. The zero-order chi connectivity index (χ0) is 19.4. The first kappa shape index (κ1) is 19.0. The van der Waals surface area contributed by atoms with E-state index < -0.39 is 11.6 Å². The molecular weight excluding hydrogens is 346 g/mol. The molecule has 0 saturated heterocycles. The van der Waals surface area contributed by atoms with Crippen molar-refractivity contribution in [3.8, 4) is 0 Å². The largest absolute Gasteiger partial charge is 0.345 e. The van der Waals surface area contributed by atoms with Crippen LogP contribution in [0.4, 0.5) is 8.78 Å². The van der Waals surface area contributed by atoms with Crippen LogP contribution >= 0.6 is 0 Å². The van der Waals surface area contributed by atoms with Crippen molar-refractivity contribution >= 4 is 16.7 Å². The number of hydrogen-bond acceptors (Lipinski definition) is 1. The molecule has 0 spiro atoms. The number of fused-ring (bicyclic) bond motifs is 1. The van der Waals surface area contributed by atoms with Gasteiger partial charge in [0.25, 0.3) is 5.91 Å². The second-order valence-electron chi connectivity index (χ2n) is 6.76. The zero-order valence-corrected chi connectivity index (χ0v) is 15.4. The summed E-state index contributed by atoms with van der Waals surface area (Å²) in [6, 6.07) is 17.6. The summed E-state index contributed by atoms with van der Waals surface area (Å²) in [7, 11) is 0. The van der Waals surface area contributed by atoms with Gasteiger partial charge in [-0.3, -0.25) is 4.79 Å². The fourth-order valence-electron chi connectivity index (χ4n) is 3.22. The Morgan fingerprint density at radius 2 is 1.74 bits per heavy atom. The summed E-state index contributed by atoms with van der Waals surface area (Å²) in [5.74, 6) is -1.85. The van der Waals surface area contributed by atoms with Crippen molar-refractivity contribution in [2.24, 2.45) is 0 Å². The lowest BCUT2D eigenvalue weighted by atomic mass is 10.00. The van der Waals surface area contributed by atoms with Gasteiger partial charge in [-0.1, -0.05) is 42.5 Å². The third-order valence-electron chi connectivity index (χ3n) is 4.79. The van der Waals surface area contributed by atoms with Crippen LogP contribution in [0.5, 0.6) is 0 Å². The molecule has 2 atom stereocenters. The van der Waals surface area contributed by atoms with Gasteiger partial charge in [0.15, 0.2) is 18.2 Å². The SMILES string of the molecule is C[C@H](NC(=O)C[NH2+][C@@H](C)c1ccc(F)c(F)c1)c1cccc2ccccc12. The quantitative estimate of drug-likeness (QED) is 0.685. The first-order valence-electron chi connectivity index (χ1n) is 9.01. The Kier molecular flexibility index (Phi) is 5.81. The topological polar surface area (TPSA) is 45.7 Å². The van der Waals surface area contributed by atoms with Gasteiger partial charge in [-0.05, 0) is 48.4 Å². The maximum Gasteiger partial charge on any atom is 0.275 e. The van der Waals surface area contributed by atoms with Crippen molar-refractivity contribution in [1.82, 2.24) is 5.32 Å². The van der Waals surface area contributed by atoms with E-state index in [1.165, 1.54) is 12.1 Å². The van der Waals surface area contributed by atoms with Gasteiger partial charge in [0.2, 0.25) is 0 Å². The molecule has 27 heavy (non-hydrogen) atoms.